The summed E-state index contributed by atoms with van der Waals surface area (Å²) < 4.78 is 9.49. The van der Waals surface area contributed by atoms with E-state index in [1.807, 2.05) is 30.3 Å². The maximum Gasteiger partial charge on any atom is 0.407 e. The lowest BCUT2D eigenvalue weighted by Gasteiger charge is -2.06. The molecule has 1 aromatic rings. The molecule has 0 atom stereocenters. The molecule has 1 aromatic carbocycles. The molecule has 0 aliphatic carbocycles. The van der Waals surface area contributed by atoms with E-state index in [-0.39, 0.29) is 24.9 Å². The van der Waals surface area contributed by atoms with Crippen LogP contribution in [0.2, 0.25) is 0 Å². The lowest BCUT2D eigenvalue weighted by Crippen LogP contribution is -2.29. The predicted molar refractivity (Wildman–Crippen MR) is 80.1 cm³/mol. The van der Waals surface area contributed by atoms with Crippen LogP contribution in [0, 0.1) is 0 Å². The van der Waals surface area contributed by atoms with Crippen LogP contribution in [-0.2, 0) is 25.7 Å². The van der Waals surface area contributed by atoms with Gasteiger partial charge in [0.15, 0.2) is 5.78 Å². The summed E-state index contributed by atoms with van der Waals surface area (Å²) in [5, 5.41) is 2.41. The Labute approximate surface area is 129 Å². The van der Waals surface area contributed by atoms with Gasteiger partial charge < -0.3 is 14.8 Å². The normalized spacial score (nSPS) is 9.86. The van der Waals surface area contributed by atoms with E-state index in [0.29, 0.717) is 25.7 Å². The number of ether oxygens (including phenoxy) is 2. The molecule has 1 N–H and O–H groups in total. The first-order valence-corrected chi connectivity index (χ1v) is 7.15. The van der Waals surface area contributed by atoms with E-state index in [1.54, 1.807) is 0 Å². The summed E-state index contributed by atoms with van der Waals surface area (Å²) in [4.78, 5) is 33.9. The number of carbonyl (C=O) groups excluding carboxylic acids is 3. The van der Waals surface area contributed by atoms with E-state index >= 15 is 0 Å². The third-order valence-corrected chi connectivity index (χ3v) is 2.96. The Balaban J connectivity index is 2.08. The smallest absolute Gasteiger partial charge is 0.407 e. The van der Waals surface area contributed by atoms with Crippen LogP contribution in [-0.4, -0.2) is 31.5 Å². The first-order chi connectivity index (χ1) is 10.6. The number of alkyl carbamates (subject to hydrolysis) is 1. The number of esters is 1. The third kappa shape index (κ3) is 8.04. The quantitative estimate of drug-likeness (QED) is 0.559. The van der Waals surface area contributed by atoms with Crippen LogP contribution in [0.4, 0.5) is 4.79 Å². The average molecular weight is 307 g/mol. The number of benzene rings is 1. The molecule has 0 aromatic heterocycles. The second-order valence-electron chi connectivity index (χ2n) is 4.74. The van der Waals surface area contributed by atoms with Crippen molar-refractivity contribution in [2.45, 2.75) is 32.3 Å². The molecule has 6 heteroatoms. The van der Waals surface area contributed by atoms with Crippen LogP contribution in [0.25, 0.3) is 0 Å². The Hall–Kier alpha value is -2.37. The Morgan fingerprint density at radius 3 is 2.41 bits per heavy atom. The molecule has 0 spiro atoms. The van der Waals surface area contributed by atoms with Crippen LogP contribution in [0.5, 0.6) is 0 Å². The lowest BCUT2D eigenvalue weighted by atomic mass is 10.1. The summed E-state index contributed by atoms with van der Waals surface area (Å²) in [7, 11) is 1.33. The summed E-state index contributed by atoms with van der Waals surface area (Å²) in [5.41, 5.74) is 0.881. The zero-order valence-electron chi connectivity index (χ0n) is 12.7. The second kappa shape index (κ2) is 10.4. The number of hydrogen-bond acceptors (Lipinski definition) is 5. The molecular formula is C16H21NO5. The molecule has 0 bridgehead atoms. The van der Waals surface area contributed by atoms with Crippen molar-refractivity contribution >= 4 is 17.8 Å². The van der Waals surface area contributed by atoms with Gasteiger partial charge >= 0.3 is 12.1 Å². The van der Waals surface area contributed by atoms with Crippen LogP contribution < -0.4 is 5.32 Å². The topological polar surface area (TPSA) is 81.7 Å². The molecular weight excluding hydrogens is 286 g/mol. The number of unbranched alkanes of at least 4 members (excludes halogenated alkanes) is 1. The first-order valence-electron chi connectivity index (χ1n) is 7.15. The first kappa shape index (κ1) is 17.7. The van der Waals surface area contributed by atoms with Gasteiger partial charge in [-0.2, -0.15) is 0 Å². The average Bonchev–Trinajstić information content (AvgIpc) is 2.55. The molecule has 0 fully saturated rings. The van der Waals surface area contributed by atoms with Crippen LogP contribution in [0.1, 0.15) is 31.2 Å². The molecule has 1 rings (SSSR count). The van der Waals surface area contributed by atoms with Crippen molar-refractivity contribution in [2.24, 2.45) is 0 Å². The molecule has 0 aliphatic rings. The molecule has 0 radical (unpaired) electrons. The highest BCUT2D eigenvalue weighted by molar-refractivity contribution is 5.83. The largest absolute Gasteiger partial charge is 0.469 e. The zero-order chi connectivity index (χ0) is 16.2. The van der Waals surface area contributed by atoms with Crippen LogP contribution in [0.15, 0.2) is 30.3 Å². The monoisotopic (exact) mass is 307 g/mol. The number of rotatable bonds is 9. The molecule has 0 saturated carbocycles. The standard InChI is InChI=1S/C16H21NO5/c1-21-15(19)10-6-5-9-14(18)11-17-16(20)22-12-13-7-3-2-4-8-13/h2-4,7-8H,5-6,9-12H2,1H3,(H,17,20). The van der Waals surface area contributed by atoms with Crippen LogP contribution >= 0.6 is 0 Å². The number of carbonyl (C=O) groups is 3. The fraction of sp³-hybridized carbons (Fsp3) is 0.438. The van der Waals surface area contributed by atoms with Gasteiger partial charge in [-0.1, -0.05) is 30.3 Å². The third-order valence-electron chi connectivity index (χ3n) is 2.96. The van der Waals surface area contributed by atoms with E-state index in [4.69, 9.17) is 4.74 Å². The summed E-state index contributed by atoms with van der Waals surface area (Å²) in [6.07, 6.45) is 1.18. The van der Waals surface area contributed by atoms with Crippen molar-refractivity contribution in [3.05, 3.63) is 35.9 Å². The number of Topliss-reactive ketones (excluding diaryl/α,β-unsaturated/α-hetero) is 1. The van der Waals surface area contributed by atoms with E-state index in [2.05, 4.69) is 10.1 Å². The Morgan fingerprint density at radius 1 is 1.05 bits per heavy atom. The van der Waals surface area contributed by atoms with Crippen molar-refractivity contribution in [3.8, 4) is 0 Å². The predicted octanol–water partition coefficient (Wildman–Crippen LogP) is 2.22. The molecule has 0 unspecified atom stereocenters. The summed E-state index contributed by atoms with van der Waals surface area (Å²) in [6, 6.07) is 9.28. The minimum Gasteiger partial charge on any atom is -0.469 e. The number of amides is 1. The Kier molecular flexibility index (Phi) is 8.33. The van der Waals surface area contributed by atoms with E-state index in [0.717, 1.165) is 5.56 Å². The van der Waals surface area contributed by atoms with Gasteiger partial charge in [-0.15, -0.1) is 0 Å². The van der Waals surface area contributed by atoms with E-state index in [9.17, 15) is 14.4 Å². The van der Waals surface area contributed by atoms with Crippen molar-refractivity contribution in [2.75, 3.05) is 13.7 Å². The molecule has 0 heterocycles. The fourth-order valence-electron chi connectivity index (χ4n) is 1.73. The molecule has 120 valence electrons. The van der Waals surface area contributed by atoms with Gasteiger partial charge in [0, 0.05) is 12.8 Å². The van der Waals surface area contributed by atoms with Crippen molar-refractivity contribution in [1.82, 2.24) is 5.32 Å². The second-order valence-corrected chi connectivity index (χ2v) is 4.74. The summed E-state index contributed by atoms with van der Waals surface area (Å²) >= 11 is 0. The van der Waals surface area contributed by atoms with Gasteiger partial charge in [0.2, 0.25) is 0 Å². The van der Waals surface area contributed by atoms with Gasteiger partial charge in [-0.05, 0) is 18.4 Å². The minimum absolute atomic E-state index is 0.0636. The minimum atomic E-state index is -0.619. The zero-order valence-corrected chi connectivity index (χ0v) is 12.7. The Morgan fingerprint density at radius 2 is 1.73 bits per heavy atom. The highest BCUT2D eigenvalue weighted by Gasteiger charge is 2.07. The van der Waals surface area contributed by atoms with Crippen molar-refractivity contribution in [3.63, 3.8) is 0 Å². The summed E-state index contributed by atoms with van der Waals surface area (Å²) in [5.74, 6) is -0.378. The van der Waals surface area contributed by atoms with Gasteiger partial charge in [0.05, 0.1) is 13.7 Å². The van der Waals surface area contributed by atoms with Crippen molar-refractivity contribution < 1.29 is 23.9 Å². The number of hydrogen-bond donors (Lipinski definition) is 1. The highest BCUT2D eigenvalue weighted by atomic mass is 16.5. The van der Waals surface area contributed by atoms with E-state index in [1.165, 1.54) is 7.11 Å². The Bertz CT molecular complexity index is 487. The van der Waals surface area contributed by atoms with E-state index < -0.39 is 6.09 Å². The summed E-state index contributed by atoms with van der Waals surface area (Å²) in [6.45, 7) is 0.103. The van der Waals surface area contributed by atoms with Gasteiger partial charge in [-0.3, -0.25) is 9.59 Å². The fourth-order valence-corrected chi connectivity index (χ4v) is 1.73. The van der Waals surface area contributed by atoms with Gasteiger partial charge in [0.25, 0.3) is 0 Å². The maximum absolute atomic E-state index is 11.5. The number of nitrogens with one attached hydrogen (secondary N) is 1. The highest BCUT2D eigenvalue weighted by Crippen LogP contribution is 2.02. The lowest BCUT2D eigenvalue weighted by molar-refractivity contribution is -0.140. The molecule has 6 nitrogen and oxygen atoms in total. The molecule has 0 saturated heterocycles. The molecule has 1 amide bonds. The molecule has 22 heavy (non-hydrogen) atoms. The van der Waals surface area contributed by atoms with Crippen molar-refractivity contribution in [1.29, 1.82) is 0 Å². The number of ketones is 1. The SMILES string of the molecule is COC(=O)CCCCC(=O)CNC(=O)OCc1ccccc1. The molecule has 0 aliphatic heterocycles. The van der Waals surface area contributed by atoms with Gasteiger partial charge in [0.1, 0.15) is 6.61 Å². The van der Waals surface area contributed by atoms with Gasteiger partial charge in [-0.25, -0.2) is 4.79 Å². The number of methoxy groups -OCH3 is 1. The van der Waals surface area contributed by atoms with Crippen LogP contribution in [0.3, 0.4) is 0 Å². The maximum atomic E-state index is 11.5.